The van der Waals surface area contributed by atoms with Gasteiger partial charge < -0.3 is 9.84 Å². The third-order valence-corrected chi connectivity index (χ3v) is 4.78. The lowest BCUT2D eigenvalue weighted by Gasteiger charge is -2.34. The lowest BCUT2D eigenvalue weighted by atomic mass is 9.91. The van der Waals surface area contributed by atoms with Crippen LogP contribution in [0.5, 0.6) is 0 Å². The van der Waals surface area contributed by atoms with Crippen LogP contribution in [0.3, 0.4) is 0 Å². The summed E-state index contributed by atoms with van der Waals surface area (Å²) in [4.78, 5) is 14.6. The summed E-state index contributed by atoms with van der Waals surface area (Å²) in [5.41, 5.74) is 1.31. The molecule has 0 radical (unpaired) electrons. The Labute approximate surface area is 142 Å². The number of carbonyl (C=O) groups is 1. The molecule has 130 valence electrons. The predicted molar refractivity (Wildman–Crippen MR) is 90.8 cm³/mol. The molecule has 2 aromatic heterocycles. The van der Waals surface area contributed by atoms with Crippen molar-refractivity contribution < 1.29 is 9.32 Å². The minimum absolute atomic E-state index is 0.0412. The maximum Gasteiger partial charge on any atom is 0.242 e. The van der Waals surface area contributed by atoms with Crippen molar-refractivity contribution in [1.82, 2.24) is 19.8 Å². The summed E-state index contributed by atoms with van der Waals surface area (Å²) in [6.07, 6.45) is 6.22. The first kappa shape index (κ1) is 16.7. The Morgan fingerprint density at radius 1 is 1.46 bits per heavy atom. The first-order valence-electron chi connectivity index (χ1n) is 8.57. The third-order valence-electron chi connectivity index (χ3n) is 4.78. The number of piperidine rings is 1. The molecule has 1 N–H and O–H groups in total. The highest BCUT2D eigenvalue weighted by molar-refractivity contribution is 5.93. The topological polar surface area (TPSA) is 76.2 Å². The molecule has 0 bridgehead atoms. The van der Waals surface area contributed by atoms with Gasteiger partial charge in [0, 0.05) is 18.8 Å². The molecule has 0 spiro atoms. The third kappa shape index (κ3) is 3.67. The van der Waals surface area contributed by atoms with E-state index in [1.807, 2.05) is 17.8 Å². The van der Waals surface area contributed by atoms with Crippen molar-refractivity contribution in [2.24, 2.45) is 0 Å². The van der Waals surface area contributed by atoms with Crippen LogP contribution in [-0.4, -0.2) is 44.9 Å². The number of rotatable bonds is 5. The summed E-state index contributed by atoms with van der Waals surface area (Å²) in [5, 5.41) is 11.0. The van der Waals surface area contributed by atoms with Crippen LogP contribution < -0.4 is 5.32 Å². The summed E-state index contributed by atoms with van der Waals surface area (Å²) < 4.78 is 6.95. The fraction of sp³-hybridized carbons (Fsp3) is 0.588. The highest BCUT2D eigenvalue weighted by Gasteiger charge is 2.28. The van der Waals surface area contributed by atoms with Crippen molar-refractivity contribution in [3.63, 3.8) is 0 Å². The van der Waals surface area contributed by atoms with Gasteiger partial charge in [-0.1, -0.05) is 5.16 Å². The van der Waals surface area contributed by atoms with Gasteiger partial charge in [0.05, 0.1) is 12.2 Å². The van der Waals surface area contributed by atoms with E-state index in [0.29, 0.717) is 17.5 Å². The van der Waals surface area contributed by atoms with Crippen LogP contribution in [0.2, 0.25) is 0 Å². The van der Waals surface area contributed by atoms with Crippen molar-refractivity contribution in [2.75, 3.05) is 18.4 Å². The van der Waals surface area contributed by atoms with E-state index in [-0.39, 0.29) is 11.9 Å². The van der Waals surface area contributed by atoms with Crippen molar-refractivity contribution in [1.29, 1.82) is 0 Å². The number of likely N-dealkylation sites (tertiary alicyclic amines) is 1. The molecule has 0 aromatic carbocycles. The number of hydrogen-bond donors (Lipinski definition) is 1. The minimum atomic E-state index is -0.179. The van der Waals surface area contributed by atoms with Gasteiger partial charge in [0.1, 0.15) is 5.76 Å². The van der Waals surface area contributed by atoms with E-state index in [2.05, 4.69) is 33.6 Å². The Morgan fingerprint density at radius 3 is 2.79 bits per heavy atom. The second-order valence-electron chi connectivity index (χ2n) is 6.43. The molecule has 1 unspecified atom stereocenters. The van der Waals surface area contributed by atoms with Crippen LogP contribution >= 0.6 is 0 Å². The number of anilines is 1. The maximum absolute atomic E-state index is 12.4. The van der Waals surface area contributed by atoms with E-state index in [4.69, 9.17) is 4.52 Å². The molecule has 24 heavy (non-hydrogen) atoms. The molecular formula is C17H25N5O2. The molecule has 3 heterocycles. The van der Waals surface area contributed by atoms with Crippen LogP contribution in [-0.2, 0) is 11.3 Å². The number of aryl methyl sites for hydroxylation is 2. The first-order chi connectivity index (χ1) is 11.6. The van der Waals surface area contributed by atoms with E-state index in [1.165, 1.54) is 5.56 Å². The van der Waals surface area contributed by atoms with E-state index in [1.54, 1.807) is 13.0 Å². The van der Waals surface area contributed by atoms with Gasteiger partial charge in [0.15, 0.2) is 5.82 Å². The highest BCUT2D eigenvalue weighted by Crippen LogP contribution is 2.28. The normalized spacial score (nSPS) is 17.8. The van der Waals surface area contributed by atoms with Crippen LogP contribution in [0, 0.1) is 6.92 Å². The van der Waals surface area contributed by atoms with Crippen molar-refractivity contribution in [3.8, 4) is 0 Å². The van der Waals surface area contributed by atoms with E-state index in [9.17, 15) is 4.79 Å². The zero-order valence-corrected chi connectivity index (χ0v) is 14.5. The molecule has 1 amide bonds. The Bertz CT molecular complexity index is 685. The molecule has 3 rings (SSSR count). The van der Waals surface area contributed by atoms with Gasteiger partial charge in [0.25, 0.3) is 0 Å². The Balaban J connectivity index is 1.52. The largest absolute Gasteiger partial charge is 0.360 e. The molecule has 0 aliphatic carbocycles. The second kappa shape index (κ2) is 7.17. The molecule has 2 aromatic rings. The Hall–Kier alpha value is -2.15. The number of nitrogens with one attached hydrogen (secondary N) is 1. The standard InChI is InChI=1S/C17H25N5O2/c1-4-22-11-15(10-18-22)14-5-7-21(8-6-14)13(3)17(23)19-16-9-12(2)24-20-16/h9-11,13-14H,4-8H2,1-3H3,(H,19,20,23). The summed E-state index contributed by atoms with van der Waals surface area (Å²) in [5.74, 6) is 1.66. The smallest absolute Gasteiger partial charge is 0.242 e. The second-order valence-corrected chi connectivity index (χ2v) is 6.43. The van der Waals surface area contributed by atoms with Crippen molar-refractivity contribution >= 4 is 11.7 Å². The maximum atomic E-state index is 12.4. The summed E-state index contributed by atoms with van der Waals surface area (Å²) in [6, 6.07) is 1.55. The van der Waals surface area contributed by atoms with E-state index < -0.39 is 0 Å². The van der Waals surface area contributed by atoms with Gasteiger partial charge in [-0.3, -0.25) is 14.4 Å². The SMILES string of the molecule is CCn1cc(C2CCN(C(C)C(=O)Nc3cc(C)on3)CC2)cn1. The van der Waals surface area contributed by atoms with Gasteiger partial charge >= 0.3 is 0 Å². The quantitative estimate of drug-likeness (QED) is 0.910. The molecular weight excluding hydrogens is 306 g/mol. The lowest BCUT2D eigenvalue weighted by Crippen LogP contribution is -2.45. The molecule has 7 heteroatoms. The highest BCUT2D eigenvalue weighted by atomic mass is 16.5. The van der Waals surface area contributed by atoms with Crippen LogP contribution in [0.1, 0.15) is 43.9 Å². The average Bonchev–Trinajstić information content (AvgIpc) is 3.23. The Kier molecular flexibility index (Phi) is 4.99. The lowest BCUT2D eigenvalue weighted by molar-refractivity contribution is -0.121. The van der Waals surface area contributed by atoms with Crippen LogP contribution in [0.4, 0.5) is 5.82 Å². The van der Waals surface area contributed by atoms with Gasteiger partial charge in [0.2, 0.25) is 5.91 Å². The van der Waals surface area contributed by atoms with Gasteiger partial charge in [-0.25, -0.2) is 0 Å². The van der Waals surface area contributed by atoms with Gasteiger partial charge in [-0.15, -0.1) is 0 Å². The molecule has 1 fully saturated rings. The number of carbonyl (C=O) groups excluding carboxylic acids is 1. The Morgan fingerprint density at radius 2 is 2.21 bits per heavy atom. The summed E-state index contributed by atoms with van der Waals surface area (Å²) >= 11 is 0. The van der Waals surface area contributed by atoms with Crippen LogP contribution in [0.25, 0.3) is 0 Å². The van der Waals surface area contributed by atoms with E-state index in [0.717, 1.165) is 32.5 Å². The fourth-order valence-corrected chi connectivity index (χ4v) is 3.21. The minimum Gasteiger partial charge on any atom is -0.360 e. The first-order valence-corrected chi connectivity index (χ1v) is 8.57. The average molecular weight is 331 g/mol. The predicted octanol–water partition coefficient (Wildman–Crippen LogP) is 2.41. The van der Waals surface area contributed by atoms with Crippen molar-refractivity contribution in [3.05, 3.63) is 29.8 Å². The van der Waals surface area contributed by atoms with Gasteiger partial charge in [-0.2, -0.15) is 5.10 Å². The molecule has 1 saturated heterocycles. The molecule has 7 nitrogen and oxygen atoms in total. The van der Waals surface area contributed by atoms with Crippen LogP contribution in [0.15, 0.2) is 23.0 Å². The number of amides is 1. The molecule has 1 aliphatic heterocycles. The zero-order valence-electron chi connectivity index (χ0n) is 14.5. The molecule has 1 aliphatic rings. The fourth-order valence-electron chi connectivity index (χ4n) is 3.21. The summed E-state index contributed by atoms with van der Waals surface area (Å²) in [7, 11) is 0. The summed E-state index contributed by atoms with van der Waals surface area (Å²) in [6.45, 7) is 8.56. The number of nitrogens with zero attached hydrogens (tertiary/aromatic N) is 4. The molecule has 0 saturated carbocycles. The van der Waals surface area contributed by atoms with Crippen molar-refractivity contribution in [2.45, 2.75) is 52.1 Å². The monoisotopic (exact) mass is 331 g/mol. The number of aromatic nitrogens is 3. The van der Waals surface area contributed by atoms with Gasteiger partial charge in [-0.05, 0) is 58.2 Å². The zero-order chi connectivity index (χ0) is 17.1. The molecule has 1 atom stereocenters. The number of hydrogen-bond acceptors (Lipinski definition) is 5. The van der Waals surface area contributed by atoms with E-state index >= 15 is 0 Å².